The van der Waals surface area contributed by atoms with Gasteiger partial charge in [0.1, 0.15) is 5.82 Å². The van der Waals surface area contributed by atoms with Gasteiger partial charge in [-0.3, -0.25) is 4.79 Å². The Hall–Kier alpha value is -1.62. The zero-order valence-corrected chi connectivity index (χ0v) is 16.4. The van der Waals surface area contributed by atoms with Gasteiger partial charge in [0.05, 0.1) is 12.2 Å². The van der Waals surface area contributed by atoms with Crippen LogP contribution in [-0.2, 0) is 17.9 Å². The van der Waals surface area contributed by atoms with Crippen molar-refractivity contribution in [1.29, 1.82) is 0 Å². The molecule has 3 aliphatic heterocycles. The normalized spacial score (nSPS) is 24.9. The summed E-state index contributed by atoms with van der Waals surface area (Å²) in [6.45, 7) is 10.1. The molecular weight excluding hydrogens is 324 g/mol. The second kappa shape index (κ2) is 6.84. The molecule has 5 heteroatoms. The number of carbonyl (C=O) groups excluding carboxylic acids is 1. The number of carbonyl (C=O) groups is 1. The van der Waals surface area contributed by atoms with Gasteiger partial charge in [-0.2, -0.15) is 0 Å². The van der Waals surface area contributed by atoms with Crippen LogP contribution in [0.3, 0.4) is 0 Å². The molecule has 2 atom stereocenters. The van der Waals surface area contributed by atoms with Crippen LogP contribution in [0, 0.1) is 5.41 Å². The molecule has 26 heavy (non-hydrogen) atoms. The van der Waals surface area contributed by atoms with Gasteiger partial charge in [0.15, 0.2) is 0 Å². The van der Waals surface area contributed by atoms with Crippen LogP contribution >= 0.6 is 0 Å². The first-order chi connectivity index (χ1) is 12.5. The van der Waals surface area contributed by atoms with E-state index in [0.29, 0.717) is 25.0 Å². The van der Waals surface area contributed by atoms with E-state index in [1.165, 1.54) is 18.4 Å². The third kappa shape index (κ3) is 3.11. The highest BCUT2D eigenvalue weighted by Crippen LogP contribution is 2.35. The zero-order chi connectivity index (χ0) is 18.3. The summed E-state index contributed by atoms with van der Waals surface area (Å²) in [6, 6.07) is 5.53. The van der Waals surface area contributed by atoms with E-state index in [-0.39, 0.29) is 11.3 Å². The van der Waals surface area contributed by atoms with Crippen molar-refractivity contribution in [1.82, 2.24) is 15.2 Å². The lowest BCUT2D eigenvalue weighted by molar-refractivity contribution is -0.134. The van der Waals surface area contributed by atoms with Crippen LogP contribution in [0.5, 0.6) is 0 Å². The summed E-state index contributed by atoms with van der Waals surface area (Å²) in [7, 11) is 0. The van der Waals surface area contributed by atoms with E-state index in [1.54, 1.807) is 0 Å². The van der Waals surface area contributed by atoms with Crippen molar-refractivity contribution >= 4 is 11.7 Å². The van der Waals surface area contributed by atoms with Crippen molar-refractivity contribution in [3.8, 4) is 0 Å². The largest absolute Gasteiger partial charge is 0.348 e. The van der Waals surface area contributed by atoms with E-state index in [2.05, 4.69) is 43.1 Å². The molecule has 2 unspecified atom stereocenters. The summed E-state index contributed by atoms with van der Waals surface area (Å²) in [5.74, 6) is 1.39. The zero-order valence-electron chi connectivity index (χ0n) is 16.4. The quantitative estimate of drug-likeness (QED) is 0.881. The van der Waals surface area contributed by atoms with Gasteiger partial charge in [0, 0.05) is 38.1 Å². The van der Waals surface area contributed by atoms with E-state index < -0.39 is 0 Å². The lowest BCUT2D eigenvalue weighted by Gasteiger charge is -2.36. The third-order valence-corrected chi connectivity index (χ3v) is 7.04. The summed E-state index contributed by atoms with van der Waals surface area (Å²) in [5.41, 5.74) is 2.44. The minimum Gasteiger partial charge on any atom is -0.348 e. The molecule has 0 spiro atoms. The minimum absolute atomic E-state index is 0.116. The van der Waals surface area contributed by atoms with Gasteiger partial charge in [-0.15, -0.1) is 0 Å². The fourth-order valence-electron chi connectivity index (χ4n) is 4.69. The summed E-state index contributed by atoms with van der Waals surface area (Å²) >= 11 is 0. The number of nitrogens with one attached hydrogen (secondary N) is 1. The van der Waals surface area contributed by atoms with E-state index in [1.807, 2.05) is 4.90 Å². The molecule has 4 heterocycles. The standard InChI is InChI=1S/C21H32N4O/c1-4-21(3,5-2)10-20(26)24-13-15-6-9-19(23-18(15)14-24)25-16-7-8-17(25)12-22-11-16/h6,9,16-17,22H,4-5,7-8,10-14H2,1-3H3. The third-order valence-electron chi connectivity index (χ3n) is 7.04. The van der Waals surface area contributed by atoms with Gasteiger partial charge in [-0.25, -0.2) is 4.98 Å². The SMILES string of the molecule is CCC(C)(CC)CC(=O)N1Cc2ccc(N3C4CCC3CNC4)nc2C1. The fraction of sp³-hybridized carbons (Fsp3) is 0.714. The first-order valence-electron chi connectivity index (χ1n) is 10.3. The average Bonchev–Trinajstić information content (AvgIpc) is 3.19. The fourth-order valence-corrected chi connectivity index (χ4v) is 4.69. The van der Waals surface area contributed by atoms with Crippen molar-refractivity contribution in [3.05, 3.63) is 23.4 Å². The van der Waals surface area contributed by atoms with Gasteiger partial charge in [-0.1, -0.05) is 39.7 Å². The summed E-state index contributed by atoms with van der Waals surface area (Å²) < 4.78 is 0. The minimum atomic E-state index is 0.116. The van der Waals surface area contributed by atoms with Gasteiger partial charge < -0.3 is 15.1 Å². The first-order valence-corrected chi connectivity index (χ1v) is 10.3. The highest BCUT2D eigenvalue weighted by atomic mass is 16.2. The molecule has 1 amide bonds. The van der Waals surface area contributed by atoms with Crippen LogP contribution in [0.2, 0.25) is 0 Å². The van der Waals surface area contributed by atoms with Crippen LogP contribution in [0.4, 0.5) is 5.82 Å². The second-order valence-electron chi connectivity index (χ2n) is 8.67. The van der Waals surface area contributed by atoms with Gasteiger partial charge in [-0.05, 0) is 29.9 Å². The molecule has 1 aromatic heterocycles. The molecule has 0 radical (unpaired) electrons. The van der Waals surface area contributed by atoms with Gasteiger partial charge in [0.2, 0.25) is 5.91 Å². The van der Waals surface area contributed by atoms with Gasteiger partial charge in [0.25, 0.3) is 0 Å². The van der Waals surface area contributed by atoms with Crippen LogP contribution in [0.1, 0.15) is 64.1 Å². The number of rotatable bonds is 5. The Kier molecular flexibility index (Phi) is 4.68. The molecule has 1 N–H and O–H groups in total. The molecule has 4 rings (SSSR count). The number of aromatic nitrogens is 1. The Bertz CT molecular complexity index is 669. The summed E-state index contributed by atoms with van der Waals surface area (Å²) in [5, 5.41) is 3.53. The lowest BCUT2D eigenvalue weighted by atomic mass is 9.81. The van der Waals surface area contributed by atoms with Crippen molar-refractivity contribution in [2.24, 2.45) is 5.41 Å². The Balaban J connectivity index is 1.47. The van der Waals surface area contributed by atoms with Crippen molar-refractivity contribution < 1.29 is 4.79 Å². The monoisotopic (exact) mass is 356 g/mol. The molecule has 2 bridgehead atoms. The first kappa shape index (κ1) is 17.8. The molecule has 0 aliphatic carbocycles. The smallest absolute Gasteiger partial charge is 0.223 e. The number of hydrogen-bond acceptors (Lipinski definition) is 4. The molecule has 1 aromatic rings. The lowest BCUT2D eigenvalue weighted by Crippen LogP contribution is -2.52. The van der Waals surface area contributed by atoms with E-state index >= 15 is 0 Å². The highest BCUT2D eigenvalue weighted by Gasteiger charge is 2.38. The van der Waals surface area contributed by atoms with Crippen LogP contribution in [-0.4, -0.2) is 41.0 Å². The Morgan fingerprint density at radius 2 is 1.88 bits per heavy atom. The predicted octanol–water partition coefficient (Wildman–Crippen LogP) is 3.08. The molecule has 0 saturated carbocycles. The molecule has 2 fully saturated rings. The molecule has 0 aromatic carbocycles. The maximum Gasteiger partial charge on any atom is 0.223 e. The molecular formula is C21H32N4O. The Morgan fingerprint density at radius 1 is 1.19 bits per heavy atom. The molecule has 2 saturated heterocycles. The number of fused-ring (bicyclic) bond motifs is 3. The average molecular weight is 357 g/mol. The van der Waals surface area contributed by atoms with Gasteiger partial charge >= 0.3 is 0 Å². The Morgan fingerprint density at radius 3 is 2.54 bits per heavy atom. The molecule has 3 aliphatic rings. The van der Waals surface area contributed by atoms with E-state index in [9.17, 15) is 4.79 Å². The summed E-state index contributed by atoms with van der Waals surface area (Å²) in [6.07, 6.45) is 5.25. The molecule has 5 nitrogen and oxygen atoms in total. The topological polar surface area (TPSA) is 48.5 Å². The van der Waals surface area contributed by atoms with Crippen LogP contribution < -0.4 is 10.2 Å². The maximum absolute atomic E-state index is 12.8. The Labute approximate surface area is 157 Å². The molecule has 142 valence electrons. The number of pyridine rings is 1. The van der Waals surface area contributed by atoms with E-state index in [0.717, 1.165) is 44.0 Å². The highest BCUT2D eigenvalue weighted by molar-refractivity contribution is 5.77. The predicted molar refractivity (Wildman–Crippen MR) is 104 cm³/mol. The summed E-state index contributed by atoms with van der Waals surface area (Å²) in [4.78, 5) is 22.3. The number of anilines is 1. The van der Waals surface area contributed by atoms with E-state index in [4.69, 9.17) is 4.98 Å². The van der Waals surface area contributed by atoms with Crippen molar-refractivity contribution in [2.45, 2.75) is 78.0 Å². The second-order valence-corrected chi connectivity index (χ2v) is 8.67. The number of hydrogen-bond donors (Lipinski definition) is 1. The number of amides is 1. The van der Waals surface area contributed by atoms with Crippen LogP contribution in [0.25, 0.3) is 0 Å². The van der Waals surface area contributed by atoms with Crippen molar-refractivity contribution in [3.63, 3.8) is 0 Å². The maximum atomic E-state index is 12.8. The van der Waals surface area contributed by atoms with Crippen LogP contribution in [0.15, 0.2) is 12.1 Å². The van der Waals surface area contributed by atoms with Crippen molar-refractivity contribution in [2.75, 3.05) is 18.0 Å². The number of nitrogens with zero attached hydrogens (tertiary/aromatic N) is 3. The number of piperazine rings is 1.